The number of benzene rings is 1. The van der Waals surface area contributed by atoms with Crippen LogP contribution < -0.4 is 0 Å². The first kappa shape index (κ1) is 13.3. The number of rotatable bonds is 6. The average molecular weight is 260 g/mol. The summed E-state index contributed by atoms with van der Waals surface area (Å²) in [6.07, 6.45) is 3.10. The van der Waals surface area contributed by atoms with Crippen LogP contribution in [0, 0.1) is 12.8 Å². The predicted molar refractivity (Wildman–Crippen MR) is 78.1 cm³/mol. The minimum atomic E-state index is 0.276. The maximum Gasteiger partial charge on any atom is 0.0462 e. The third-order valence-electron chi connectivity index (χ3n) is 3.32. The summed E-state index contributed by atoms with van der Waals surface area (Å²) in [6, 6.07) is 10.8. The van der Waals surface area contributed by atoms with E-state index in [0.29, 0.717) is 5.92 Å². The Labute approximate surface area is 113 Å². The van der Waals surface area contributed by atoms with Crippen LogP contribution in [0.2, 0.25) is 0 Å². The van der Waals surface area contributed by atoms with Crippen molar-refractivity contribution in [1.29, 1.82) is 0 Å². The van der Waals surface area contributed by atoms with Crippen LogP contribution in [0.5, 0.6) is 0 Å². The Bertz CT molecular complexity index is 444. The molecular formula is C16H20OS. The van der Waals surface area contributed by atoms with E-state index in [4.69, 9.17) is 0 Å². The van der Waals surface area contributed by atoms with Crippen LogP contribution in [-0.2, 0) is 12.8 Å². The van der Waals surface area contributed by atoms with Crippen molar-refractivity contribution in [1.82, 2.24) is 0 Å². The summed E-state index contributed by atoms with van der Waals surface area (Å²) in [6.45, 7) is 2.38. The molecule has 1 heterocycles. The second-order valence-corrected chi connectivity index (χ2v) is 5.69. The van der Waals surface area contributed by atoms with Crippen molar-refractivity contribution in [3.8, 4) is 0 Å². The molecule has 1 atom stereocenters. The van der Waals surface area contributed by atoms with Gasteiger partial charge < -0.3 is 5.11 Å². The Hall–Kier alpha value is -1.12. The summed E-state index contributed by atoms with van der Waals surface area (Å²) < 4.78 is 0. The van der Waals surface area contributed by atoms with E-state index in [1.54, 1.807) is 11.3 Å². The van der Waals surface area contributed by atoms with Crippen molar-refractivity contribution in [2.75, 3.05) is 6.61 Å². The summed E-state index contributed by atoms with van der Waals surface area (Å²) in [5.41, 5.74) is 4.00. The highest BCUT2D eigenvalue weighted by molar-refractivity contribution is 7.07. The molecule has 1 nitrogen and oxygen atoms in total. The zero-order chi connectivity index (χ0) is 12.8. The summed E-state index contributed by atoms with van der Waals surface area (Å²) in [5, 5.41) is 13.8. The molecule has 2 aromatic rings. The van der Waals surface area contributed by atoms with E-state index in [2.05, 4.69) is 48.0 Å². The summed E-state index contributed by atoms with van der Waals surface area (Å²) in [4.78, 5) is 0. The van der Waals surface area contributed by atoms with E-state index in [0.717, 1.165) is 19.3 Å². The highest BCUT2D eigenvalue weighted by atomic mass is 32.1. The molecule has 1 aromatic heterocycles. The van der Waals surface area contributed by atoms with Gasteiger partial charge in [0.05, 0.1) is 0 Å². The molecule has 0 aliphatic rings. The first-order valence-electron chi connectivity index (χ1n) is 6.45. The molecule has 0 bridgehead atoms. The summed E-state index contributed by atoms with van der Waals surface area (Å²) in [5.74, 6) is 0.368. The Balaban J connectivity index is 1.87. The average Bonchev–Trinajstić information content (AvgIpc) is 2.90. The maximum absolute atomic E-state index is 9.47. The molecule has 1 aromatic carbocycles. The van der Waals surface area contributed by atoms with Crippen LogP contribution in [-0.4, -0.2) is 11.7 Å². The van der Waals surface area contributed by atoms with Crippen LogP contribution in [0.15, 0.2) is 41.1 Å². The molecule has 0 radical (unpaired) electrons. The SMILES string of the molecule is Cc1ccc(CC(CO)CCc2ccsc2)cc1. The van der Waals surface area contributed by atoms with Crippen LogP contribution in [0.25, 0.3) is 0 Å². The molecule has 18 heavy (non-hydrogen) atoms. The molecule has 0 saturated heterocycles. The molecule has 0 amide bonds. The number of hydrogen-bond donors (Lipinski definition) is 1. The second kappa shape index (κ2) is 6.72. The second-order valence-electron chi connectivity index (χ2n) is 4.91. The van der Waals surface area contributed by atoms with E-state index in [-0.39, 0.29) is 6.61 Å². The first-order chi connectivity index (χ1) is 8.78. The third kappa shape index (κ3) is 3.97. The van der Waals surface area contributed by atoms with Crippen molar-refractivity contribution >= 4 is 11.3 Å². The van der Waals surface area contributed by atoms with Crippen LogP contribution in [0.3, 0.4) is 0 Å². The van der Waals surface area contributed by atoms with Gasteiger partial charge in [-0.05, 0) is 60.1 Å². The van der Waals surface area contributed by atoms with Gasteiger partial charge in [-0.15, -0.1) is 0 Å². The Kier molecular flexibility index (Phi) is 4.97. The van der Waals surface area contributed by atoms with E-state index in [1.807, 2.05) is 0 Å². The lowest BCUT2D eigenvalue weighted by Gasteiger charge is -2.13. The standard InChI is InChI=1S/C16H20OS/c1-13-2-4-14(5-3-13)10-16(11-17)7-6-15-8-9-18-12-15/h2-5,8-9,12,16-17H,6-7,10-11H2,1H3. The molecule has 1 N–H and O–H groups in total. The Morgan fingerprint density at radius 1 is 1.11 bits per heavy atom. The molecule has 2 rings (SSSR count). The molecule has 0 aliphatic heterocycles. The van der Waals surface area contributed by atoms with Crippen LogP contribution in [0.4, 0.5) is 0 Å². The van der Waals surface area contributed by atoms with Gasteiger partial charge in [-0.25, -0.2) is 0 Å². The first-order valence-corrected chi connectivity index (χ1v) is 7.39. The molecule has 0 spiro atoms. The quantitative estimate of drug-likeness (QED) is 0.836. The zero-order valence-corrected chi connectivity index (χ0v) is 11.6. The fraction of sp³-hybridized carbons (Fsp3) is 0.375. The van der Waals surface area contributed by atoms with Crippen LogP contribution >= 0.6 is 11.3 Å². The smallest absolute Gasteiger partial charge is 0.0462 e. The minimum absolute atomic E-state index is 0.276. The highest BCUT2D eigenvalue weighted by Gasteiger charge is 2.09. The van der Waals surface area contributed by atoms with E-state index in [1.165, 1.54) is 16.7 Å². The molecule has 0 aliphatic carbocycles. The molecular weight excluding hydrogens is 240 g/mol. The Morgan fingerprint density at radius 3 is 2.50 bits per heavy atom. The maximum atomic E-state index is 9.47. The largest absolute Gasteiger partial charge is 0.396 e. The lowest BCUT2D eigenvalue weighted by molar-refractivity contribution is 0.218. The monoisotopic (exact) mass is 260 g/mol. The predicted octanol–water partition coefficient (Wildman–Crippen LogP) is 3.84. The van der Waals surface area contributed by atoms with Crippen molar-refractivity contribution < 1.29 is 5.11 Å². The Morgan fingerprint density at radius 2 is 1.89 bits per heavy atom. The van der Waals surface area contributed by atoms with E-state index in [9.17, 15) is 5.11 Å². The fourth-order valence-corrected chi connectivity index (χ4v) is 2.82. The van der Waals surface area contributed by atoms with E-state index >= 15 is 0 Å². The summed E-state index contributed by atoms with van der Waals surface area (Å²) in [7, 11) is 0. The van der Waals surface area contributed by atoms with Gasteiger partial charge >= 0.3 is 0 Å². The lowest BCUT2D eigenvalue weighted by Crippen LogP contribution is -2.10. The van der Waals surface area contributed by atoms with Crippen molar-refractivity contribution in [2.45, 2.75) is 26.2 Å². The van der Waals surface area contributed by atoms with Crippen LogP contribution in [0.1, 0.15) is 23.1 Å². The van der Waals surface area contributed by atoms with Gasteiger partial charge in [-0.1, -0.05) is 29.8 Å². The van der Waals surface area contributed by atoms with E-state index < -0.39 is 0 Å². The van der Waals surface area contributed by atoms with Gasteiger partial charge in [0.15, 0.2) is 0 Å². The lowest BCUT2D eigenvalue weighted by atomic mass is 9.94. The number of aryl methyl sites for hydroxylation is 2. The number of aliphatic hydroxyl groups excluding tert-OH is 1. The van der Waals surface area contributed by atoms with Crippen molar-refractivity contribution in [3.05, 3.63) is 57.8 Å². The molecule has 1 unspecified atom stereocenters. The molecule has 0 fully saturated rings. The van der Waals surface area contributed by atoms with Crippen molar-refractivity contribution in [3.63, 3.8) is 0 Å². The normalized spacial score (nSPS) is 12.6. The van der Waals surface area contributed by atoms with Gasteiger partial charge in [0.2, 0.25) is 0 Å². The summed E-state index contributed by atoms with van der Waals surface area (Å²) >= 11 is 1.74. The van der Waals surface area contributed by atoms with Gasteiger partial charge in [0.25, 0.3) is 0 Å². The third-order valence-corrected chi connectivity index (χ3v) is 4.06. The number of hydrogen-bond acceptors (Lipinski definition) is 2. The topological polar surface area (TPSA) is 20.2 Å². The van der Waals surface area contributed by atoms with Gasteiger partial charge in [0.1, 0.15) is 0 Å². The minimum Gasteiger partial charge on any atom is -0.396 e. The van der Waals surface area contributed by atoms with Gasteiger partial charge in [-0.3, -0.25) is 0 Å². The molecule has 0 saturated carbocycles. The van der Waals surface area contributed by atoms with Gasteiger partial charge in [-0.2, -0.15) is 11.3 Å². The molecule has 96 valence electrons. The zero-order valence-electron chi connectivity index (χ0n) is 10.8. The van der Waals surface area contributed by atoms with Gasteiger partial charge in [0, 0.05) is 6.61 Å². The molecule has 2 heteroatoms. The number of thiophene rings is 1. The van der Waals surface area contributed by atoms with Crippen molar-refractivity contribution in [2.24, 2.45) is 5.92 Å². The fourth-order valence-electron chi connectivity index (χ4n) is 2.12. The highest BCUT2D eigenvalue weighted by Crippen LogP contribution is 2.17. The number of aliphatic hydroxyl groups is 1.